The van der Waals surface area contributed by atoms with Crippen LogP contribution in [0.5, 0.6) is 0 Å². The van der Waals surface area contributed by atoms with E-state index in [4.69, 9.17) is 15.2 Å². The third kappa shape index (κ3) is 4.37. The van der Waals surface area contributed by atoms with Gasteiger partial charge in [-0.05, 0) is 38.8 Å². The van der Waals surface area contributed by atoms with Crippen LogP contribution in [0.1, 0.15) is 25.7 Å². The van der Waals surface area contributed by atoms with Crippen LogP contribution in [0.25, 0.3) is 0 Å². The SMILES string of the molecule is COCC(CCCN)N1CCCC(OC)C1. The van der Waals surface area contributed by atoms with E-state index in [9.17, 15) is 0 Å². The van der Waals surface area contributed by atoms with Crippen molar-refractivity contribution in [2.24, 2.45) is 5.73 Å². The van der Waals surface area contributed by atoms with Crippen molar-refractivity contribution in [2.75, 3.05) is 40.5 Å². The summed E-state index contributed by atoms with van der Waals surface area (Å²) in [6.07, 6.45) is 5.00. The maximum atomic E-state index is 5.57. The molecule has 2 N–H and O–H groups in total. The molecule has 1 saturated heterocycles. The van der Waals surface area contributed by atoms with Crippen LogP contribution in [0.15, 0.2) is 0 Å². The second-order valence-electron chi connectivity index (χ2n) is 4.53. The van der Waals surface area contributed by atoms with E-state index in [0.717, 1.165) is 32.5 Å². The lowest BCUT2D eigenvalue weighted by Crippen LogP contribution is -2.47. The van der Waals surface area contributed by atoms with E-state index in [1.165, 1.54) is 19.4 Å². The van der Waals surface area contributed by atoms with Gasteiger partial charge in [0.1, 0.15) is 0 Å². The Balaban J connectivity index is 2.41. The molecular formula is C12H26N2O2. The summed E-state index contributed by atoms with van der Waals surface area (Å²) in [7, 11) is 3.58. The van der Waals surface area contributed by atoms with Gasteiger partial charge in [0.05, 0.1) is 12.7 Å². The summed E-state index contributed by atoms with van der Waals surface area (Å²) in [6, 6.07) is 0.506. The van der Waals surface area contributed by atoms with Crippen molar-refractivity contribution in [2.45, 2.75) is 37.8 Å². The standard InChI is InChI=1S/C12H26N2O2/c1-15-10-11(5-3-7-13)14-8-4-6-12(9-14)16-2/h11-12H,3-10,13H2,1-2H3. The Labute approximate surface area is 99.1 Å². The Hall–Kier alpha value is -0.160. The Morgan fingerprint density at radius 2 is 2.25 bits per heavy atom. The first kappa shape index (κ1) is 13.9. The molecule has 1 aliphatic heterocycles. The van der Waals surface area contributed by atoms with Crippen LogP contribution in [0, 0.1) is 0 Å². The first-order valence-electron chi connectivity index (χ1n) is 6.27. The van der Waals surface area contributed by atoms with Crippen LogP contribution < -0.4 is 5.73 Å². The molecule has 0 bridgehead atoms. The molecule has 1 fully saturated rings. The summed E-state index contributed by atoms with van der Waals surface area (Å²) in [5.41, 5.74) is 5.57. The van der Waals surface area contributed by atoms with Crippen molar-refractivity contribution < 1.29 is 9.47 Å². The Bertz CT molecular complexity index is 176. The summed E-state index contributed by atoms with van der Waals surface area (Å²) in [6.45, 7) is 3.77. The van der Waals surface area contributed by atoms with Crippen LogP contribution in [0.3, 0.4) is 0 Å². The number of rotatable bonds is 7. The fourth-order valence-corrected chi connectivity index (χ4v) is 2.41. The highest BCUT2D eigenvalue weighted by Gasteiger charge is 2.25. The van der Waals surface area contributed by atoms with E-state index in [2.05, 4.69) is 4.90 Å². The van der Waals surface area contributed by atoms with Gasteiger partial charge in [-0.2, -0.15) is 0 Å². The second kappa shape index (κ2) is 8.01. The number of nitrogens with zero attached hydrogens (tertiary/aromatic N) is 1. The summed E-state index contributed by atoms with van der Waals surface area (Å²) in [5.74, 6) is 0. The van der Waals surface area contributed by atoms with Gasteiger partial charge in [0.15, 0.2) is 0 Å². The monoisotopic (exact) mass is 230 g/mol. The van der Waals surface area contributed by atoms with Gasteiger partial charge in [-0.25, -0.2) is 0 Å². The number of methoxy groups -OCH3 is 2. The molecule has 0 aliphatic carbocycles. The number of piperidine rings is 1. The molecule has 0 saturated carbocycles. The summed E-state index contributed by atoms with van der Waals surface area (Å²) < 4.78 is 10.7. The molecule has 96 valence electrons. The Morgan fingerprint density at radius 1 is 1.44 bits per heavy atom. The van der Waals surface area contributed by atoms with Crippen molar-refractivity contribution in [3.05, 3.63) is 0 Å². The van der Waals surface area contributed by atoms with Crippen molar-refractivity contribution in [3.8, 4) is 0 Å². The largest absolute Gasteiger partial charge is 0.383 e. The zero-order valence-corrected chi connectivity index (χ0v) is 10.7. The van der Waals surface area contributed by atoms with Gasteiger partial charge < -0.3 is 15.2 Å². The molecule has 0 aromatic heterocycles. The number of hydrogen-bond donors (Lipinski definition) is 1. The number of likely N-dealkylation sites (tertiary alicyclic amines) is 1. The number of hydrogen-bond acceptors (Lipinski definition) is 4. The molecule has 0 aromatic rings. The number of ether oxygens (including phenoxy) is 2. The number of nitrogens with two attached hydrogens (primary N) is 1. The van der Waals surface area contributed by atoms with E-state index in [0.29, 0.717) is 12.1 Å². The van der Waals surface area contributed by atoms with Gasteiger partial charge in [0.2, 0.25) is 0 Å². The minimum absolute atomic E-state index is 0.394. The van der Waals surface area contributed by atoms with E-state index in [1.54, 1.807) is 14.2 Å². The smallest absolute Gasteiger partial charge is 0.0698 e. The fourth-order valence-electron chi connectivity index (χ4n) is 2.41. The molecule has 0 amide bonds. The third-order valence-corrected chi connectivity index (χ3v) is 3.36. The fraction of sp³-hybridized carbons (Fsp3) is 1.00. The summed E-state index contributed by atoms with van der Waals surface area (Å²) >= 11 is 0. The molecule has 4 heteroatoms. The maximum Gasteiger partial charge on any atom is 0.0698 e. The molecule has 16 heavy (non-hydrogen) atoms. The van der Waals surface area contributed by atoms with Crippen LogP contribution >= 0.6 is 0 Å². The predicted molar refractivity (Wildman–Crippen MR) is 65.6 cm³/mol. The van der Waals surface area contributed by atoms with E-state index >= 15 is 0 Å². The van der Waals surface area contributed by atoms with Gasteiger partial charge in [-0.1, -0.05) is 0 Å². The lowest BCUT2D eigenvalue weighted by molar-refractivity contribution is -0.00463. The first-order chi connectivity index (χ1) is 7.81. The van der Waals surface area contributed by atoms with Gasteiger partial charge in [-0.3, -0.25) is 4.90 Å². The summed E-state index contributed by atoms with van der Waals surface area (Å²) in [5, 5.41) is 0. The van der Waals surface area contributed by atoms with E-state index < -0.39 is 0 Å². The molecule has 1 heterocycles. The molecular weight excluding hydrogens is 204 g/mol. The molecule has 1 rings (SSSR count). The van der Waals surface area contributed by atoms with Crippen LogP contribution in [0.4, 0.5) is 0 Å². The van der Waals surface area contributed by atoms with Gasteiger partial charge in [0.25, 0.3) is 0 Å². The van der Waals surface area contributed by atoms with Crippen molar-refractivity contribution in [1.82, 2.24) is 4.90 Å². The highest BCUT2D eigenvalue weighted by Crippen LogP contribution is 2.17. The van der Waals surface area contributed by atoms with E-state index in [1.807, 2.05) is 0 Å². The highest BCUT2D eigenvalue weighted by atomic mass is 16.5. The molecule has 0 radical (unpaired) electrons. The zero-order valence-electron chi connectivity index (χ0n) is 10.7. The Kier molecular flexibility index (Phi) is 6.96. The van der Waals surface area contributed by atoms with E-state index in [-0.39, 0.29) is 0 Å². The van der Waals surface area contributed by atoms with Crippen molar-refractivity contribution in [3.63, 3.8) is 0 Å². The second-order valence-corrected chi connectivity index (χ2v) is 4.53. The predicted octanol–water partition coefficient (Wildman–Crippen LogP) is 0.851. The average Bonchev–Trinajstić information content (AvgIpc) is 2.34. The molecule has 2 atom stereocenters. The maximum absolute atomic E-state index is 5.57. The van der Waals surface area contributed by atoms with Crippen LogP contribution in [-0.4, -0.2) is 57.5 Å². The van der Waals surface area contributed by atoms with Crippen LogP contribution in [-0.2, 0) is 9.47 Å². The zero-order chi connectivity index (χ0) is 11.8. The minimum atomic E-state index is 0.394. The molecule has 0 spiro atoms. The van der Waals surface area contributed by atoms with Gasteiger partial charge >= 0.3 is 0 Å². The lowest BCUT2D eigenvalue weighted by Gasteiger charge is -2.37. The van der Waals surface area contributed by atoms with Gasteiger partial charge in [-0.15, -0.1) is 0 Å². The van der Waals surface area contributed by atoms with Gasteiger partial charge in [0, 0.05) is 26.8 Å². The van der Waals surface area contributed by atoms with Crippen molar-refractivity contribution in [1.29, 1.82) is 0 Å². The topological polar surface area (TPSA) is 47.7 Å². The van der Waals surface area contributed by atoms with Crippen molar-refractivity contribution >= 4 is 0 Å². The molecule has 0 aromatic carbocycles. The summed E-state index contributed by atoms with van der Waals surface area (Å²) in [4.78, 5) is 2.50. The third-order valence-electron chi connectivity index (χ3n) is 3.36. The first-order valence-corrected chi connectivity index (χ1v) is 6.27. The highest BCUT2D eigenvalue weighted by molar-refractivity contribution is 4.79. The molecule has 2 unspecified atom stereocenters. The molecule has 4 nitrogen and oxygen atoms in total. The lowest BCUT2D eigenvalue weighted by atomic mass is 10.0. The molecule has 1 aliphatic rings. The quantitative estimate of drug-likeness (QED) is 0.704. The average molecular weight is 230 g/mol. The van der Waals surface area contributed by atoms with Crippen LogP contribution in [0.2, 0.25) is 0 Å². The normalized spacial score (nSPS) is 24.6. The Morgan fingerprint density at radius 3 is 2.88 bits per heavy atom. The minimum Gasteiger partial charge on any atom is -0.383 e.